The summed E-state index contributed by atoms with van der Waals surface area (Å²) in [5.74, 6) is 1.28. The molecule has 0 fully saturated rings. The van der Waals surface area contributed by atoms with Gasteiger partial charge in [0.05, 0.1) is 0 Å². The summed E-state index contributed by atoms with van der Waals surface area (Å²) >= 11 is 1.94. The summed E-state index contributed by atoms with van der Waals surface area (Å²) in [7, 11) is 0. The third kappa shape index (κ3) is 2.89. The Morgan fingerprint density at radius 3 is 3.06 bits per heavy atom. The molecule has 0 bridgehead atoms. The Morgan fingerprint density at radius 1 is 1.47 bits per heavy atom. The SMILES string of the molecule is CSCCCCn1c(C)cc2c1CCCC2N. The van der Waals surface area contributed by atoms with Gasteiger partial charge in [-0.05, 0) is 62.7 Å². The molecular formula is C14H24N2S. The van der Waals surface area contributed by atoms with E-state index in [0.29, 0.717) is 0 Å². The van der Waals surface area contributed by atoms with Gasteiger partial charge < -0.3 is 10.3 Å². The fourth-order valence-corrected chi connectivity index (χ4v) is 3.32. The molecular weight excluding hydrogens is 228 g/mol. The van der Waals surface area contributed by atoms with E-state index in [2.05, 4.69) is 23.8 Å². The highest BCUT2D eigenvalue weighted by molar-refractivity contribution is 7.98. The lowest BCUT2D eigenvalue weighted by Crippen LogP contribution is -2.18. The molecule has 0 aliphatic heterocycles. The van der Waals surface area contributed by atoms with Crippen molar-refractivity contribution in [3.05, 3.63) is 23.0 Å². The third-order valence-electron chi connectivity index (χ3n) is 3.76. The predicted molar refractivity (Wildman–Crippen MR) is 76.7 cm³/mol. The van der Waals surface area contributed by atoms with E-state index in [9.17, 15) is 0 Å². The molecule has 1 unspecified atom stereocenters. The van der Waals surface area contributed by atoms with Crippen LogP contribution in [-0.2, 0) is 13.0 Å². The van der Waals surface area contributed by atoms with Crippen molar-refractivity contribution in [2.75, 3.05) is 12.0 Å². The fraction of sp³-hybridized carbons (Fsp3) is 0.714. The van der Waals surface area contributed by atoms with E-state index in [4.69, 9.17) is 5.73 Å². The number of aromatic nitrogens is 1. The van der Waals surface area contributed by atoms with E-state index in [0.717, 1.165) is 6.42 Å². The standard InChI is InChI=1S/C14H24N2S/c1-11-10-12-13(15)6-5-7-14(12)16(11)8-3-4-9-17-2/h10,13H,3-9,15H2,1-2H3. The van der Waals surface area contributed by atoms with Crippen molar-refractivity contribution < 1.29 is 0 Å². The van der Waals surface area contributed by atoms with Crippen molar-refractivity contribution in [1.82, 2.24) is 4.57 Å². The van der Waals surface area contributed by atoms with Crippen LogP contribution in [0.15, 0.2) is 6.07 Å². The van der Waals surface area contributed by atoms with Crippen molar-refractivity contribution in [3.63, 3.8) is 0 Å². The van der Waals surface area contributed by atoms with Gasteiger partial charge in [0.15, 0.2) is 0 Å². The minimum Gasteiger partial charge on any atom is -0.349 e. The van der Waals surface area contributed by atoms with Crippen molar-refractivity contribution >= 4 is 11.8 Å². The summed E-state index contributed by atoms with van der Waals surface area (Å²) < 4.78 is 2.51. The number of thioether (sulfide) groups is 1. The molecule has 0 amide bonds. The van der Waals surface area contributed by atoms with Gasteiger partial charge >= 0.3 is 0 Å². The Balaban J connectivity index is 2.06. The second kappa shape index (κ2) is 5.96. The Labute approximate surface area is 109 Å². The Morgan fingerprint density at radius 2 is 2.29 bits per heavy atom. The number of hydrogen-bond donors (Lipinski definition) is 1. The molecule has 2 nitrogen and oxygen atoms in total. The van der Waals surface area contributed by atoms with E-state index in [1.54, 1.807) is 0 Å². The van der Waals surface area contributed by atoms with Gasteiger partial charge in [-0.25, -0.2) is 0 Å². The van der Waals surface area contributed by atoms with Crippen LogP contribution in [0.25, 0.3) is 0 Å². The molecule has 3 heteroatoms. The average molecular weight is 252 g/mol. The second-order valence-electron chi connectivity index (χ2n) is 5.04. The van der Waals surface area contributed by atoms with E-state index in [-0.39, 0.29) is 6.04 Å². The van der Waals surface area contributed by atoms with Crippen molar-refractivity contribution in [2.45, 2.75) is 51.6 Å². The van der Waals surface area contributed by atoms with Gasteiger partial charge in [-0.3, -0.25) is 0 Å². The number of unbranched alkanes of at least 4 members (excludes halogenated alkanes) is 1. The highest BCUT2D eigenvalue weighted by Crippen LogP contribution is 2.30. The minimum absolute atomic E-state index is 0.282. The molecule has 1 aliphatic carbocycles. The number of nitrogens with zero attached hydrogens (tertiary/aromatic N) is 1. The molecule has 0 saturated carbocycles. The van der Waals surface area contributed by atoms with Crippen LogP contribution in [0.5, 0.6) is 0 Å². The molecule has 0 aromatic carbocycles. The molecule has 1 aliphatic rings. The van der Waals surface area contributed by atoms with Gasteiger partial charge in [0, 0.05) is 24.0 Å². The van der Waals surface area contributed by atoms with Gasteiger partial charge in [0.1, 0.15) is 0 Å². The zero-order valence-electron chi connectivity index (χ0n) is 11.0. The van der Waals surface area contributed by atoms with E-state index in [1.165, 1.54) is 54.9 Å². The van der Waals surface area contributed by atoms with Crippen molar-refractivity contribution in [1.29, 1.82) is 0 Å². The summed E-state index contributed by atoms with van der Waals surface area (Å²) in [4.78, 5) is 0. The first-order valence-corrected chi connectivity index (χ1v) is 8.07. The third-order valence-corrected chi connectivity index (χ3v) is 4.45. The van der Waals surface area contributed by atoms with Crippen LogP contribution in [0.4, 0.5) is 0 Å². The molecule has 17 heavy (non-hydrogen) atoms. The molecule has 0 saturated heterocycles. The second-order valence-corrected chi connectivity index (χ2v) is 6.02. The van der Waals surface area contributed by atoms with Gasteiger partial charge in [-0.2, -0.15) is 11.8 Å². The van der Waals surface area contributed by atoms with Crippen LogP contribution in [0.3, 0.4) is 0 Å². The molecule has 1 atom stereocenters. The van der Waals surface area contributed by atoms with Crippen LogP contribution >= 0.6 is 11.8 Å². The molecule has 2 N–H and O–H groups in total. The van der Waals surface area contributed by atoms with Crippen molar-refractivity contribution in [3.8, 4) is 0 Å². The van der Waals surface area contributed by atoms with Crippen LogP contribution in [0.2, 0.25) is 0 Å². The number of fused-ring (bicyclic) bond motifs is 1. The predicted octanol–water partition coefficient (Wildman–Crippen LogP) is 3.28. The maximum Gasteiger partial charge on any atom is 0.0313 e. The van der Waals surface area contributed by atoms with E-state index < -0.39 is 0 Å². The first-order chi connectivity index (χ1) is 8.24. The van der Waals surface area contributed by atoms with E-state index in [1.807, 2.05) is 11.8 Å². The number of hydrogen-bond acceptors (Lipinski definition) is 2. The highest BCUT2D eigenvalue weighted by Gasteiger charge is 2.21. The largest absolute Gasteiger partial charge is 0.349 e. The van der Waals surface area contributed by atoms with Crippen LogP contribution in [0, 0.1) is 6.92 Å². The normalized spacial score (nSPS) is 19.4. The maximum atomic E-state index is 6.19. The molecule has 2 rings (SSSR count). The van der Waals surface area contributed by atoms with Gasteiger partial charge in [-0.1, -0.05) is 0 Å². The van der Waals surface area contributed by atoms with Gasteiger partial charge in [0.2, 0.25) is 0 Å². The molecule has 1 aromatic heterocycles. The average Bonchev–Trinajstić information content (AvgIpc) is 2.63. The monoisotopic (exact) mass is 252 g/mol. The lowest BCUT2D eigenvalue weighted by atomic mass is 9.93. The van der Waals surface area contributed by atoms with Gasteiger partial charge in [0.25, 0.3) is 0 Å². The summed E-state index contributed by atoms with van der Waals surface area (Å²) in [6, 6.07) is 2.60. The quantitative estimate of drug-likeness (QED) is 0.815. The Kier molecular flexibility index (Phi) is 4.57. The van der Waals surface area contributed by atoms with Crippen LogP contribution in [-0.4, -0.2) is 16.6 Å². The summed E-state index contributed by atoms with van der Waals surface area (Å²) in [6.45, 7) is 3.40. The fourth-order valence-electron chi connectivity index (χ4n) is 2.83. The number of nitrogens with two attached hydrogens (primary N) is 1. The molecule has 0 spiro atoms. The highest BCUT2D eigenvalue weighted by atomic mass is 32.2. The lowest BCUT2D eigenvalue weighted by Gasteiger charge is -2.21. The first-order valence-electron chi connectivity index (χ1n) is 6.67. The molecule has 96 valence electrons. The lowest BCUT2D eigenvalue weighted by molar-refractivity contribution is 0.527. The smallest absolute Gasteiger partial charge is 0.0313 e. The summed E-state index contributed by atoms with van der Waals surface area (Å²) in [6.07, 6.45) is 8.42. The molecule has 1 heterocycles. The summed E-state index contributed by atoms with van der Waals surface area (Å²) in [5, 5.41) is 0. The van der Waals surface area contributed by atoms with Crippen molar-refractivity contribution in [2.24, 2.45) is 5.73 Å². The number of aryl methyl sites for hydroxylation is 1. The molecule has 0 radical (unpaired) electrons. The maximum absolute atomic E-state index is 6.19. The number of rotatable bonds is 5. The van der Waals surface area contributed by atoms with E-state index >= 15 is 0 Å². The van der Waals surface area contributed by atoms with Gasteiger partial charge in [-0.15, -0.1) is 0 Å². The first kappa shape index (κ1) is 13.0. The Hall–Kier alpha value is -0.410. The van der Waals surface area contributed by atoms with Crippen LogP contribution < -0.4 is 5.73 Å². The molecule has 1 aromatic rings. The Bertz CT molecular complexity index is 371. The zero-order chi connectivity index (χ0) is 12.3. The topological polar surface area (TPSA) is 30.9 Å². The zero-order valence-corrected chi connectivity index (χ0v) is 11.9. The minimum atomic E-state index is 0.282. The summed E-state index contributed by atoms with van der Waals surface area (Å²) in [5.41, 5.74) is 10.5. The van der Waals surface area contributed by atoms with Crippen LogP contribution in [0.1, 0.15) is 48.7 Å².